The van der Waals surface area contributed by atoms with Crippen LogP contribution in [0.25, 0.3) is 0 Å². The van der Waals surface area contributed by atoms with Crippen LogP contribution in [0.5, 0.6) is 0 Å². The van der Waals surface area contributed by atoms with Crippen LogP contribution in [-0.4, -0.2) is 20.2 Å². The SMILES string of the molecule is Cl.N#CSCn1cnnn1. The predicted octanol–water partition coefficient (Wildman–Crippen LogP) is 0.267. The van der Waals surface area contributed by atoms with E-state index in [0.717, 1.165) is 11.8 Å². The van der Waals surface area contributed by atoms with Crippen molar-refractivity contribution in [3.05, 3.63) is 6.33 Å². The molecule has 0 N–H and O–H groups in total. The van der Waals surface area contributed by atoms with Crippen molar-refractivity contribution in [2.24, 2.45) is 0 Å². The Hall–Kier alpha value is -0.800. The Morgan fingerprint density at radius 3 is 3.00 bits per heavy atom. The fraction of sp³-hybridized carbons (Fsp3) is 0.333. The lowest BCUT2D eigenvalue weighted by Gasteiger charge is -1.86. The number of hydrogen-bond acceptors (Lipinski definition) is 5. The number of halogens is 1. The van der Waals surface area contributed by atoms with Crippen LogP contribution in [0.3, 0.4) is 0 Å². The van der Waals surface area contributed by atoms with Gasteiger partial charge < -0.3 is 0 Å². The number of aromatic nitrogens is 4. The first-order chi connectivity index (χ1) is 4.43. The summed E-state index contributed by atoms with van der Waals surface area (Å²) in [5, 5.41) is 20.3. The second kappa shape index (κ2) is 5.02. The second-order valence-corrected chi connectivity index (χ2v) is 1.94. The molecule has 7 heteroatoms. The number of thiocyanates is 1. The fourth-order valence-electron chi connectivity index (χ4n) is 0.334. The molecule has 0 radical (unpaired) electrons. The highest BCUT2D eigenvalue weighted by molar-refractivity contribution is 8.02. The molecular formula is C3H4ClN5S. The van der Waals surface area contributed by atoms with Crippen LogP contribution in [-0.2, 0) is 5.88 Å². The standard InChI is InChI=1S/C3H3N5S.ClH/c4-1-9-3-8-2-5-6-7-8;/h2H,3H2;1H. The molecule has 54 valence electrons. The van der Waals surface area contributed by atoms with Crippen LogP contribution in [0.4, 0.5) is 0 Å². The molecule has 1 heterocycles. The molecule has 0 fully saturated rings. The van der Waals surface area contributed by atoms with E-state index in [1.165, 1.54) is 11.0 Å². The van der Waals surface area contributed by atoms with E-state index < -0.39 is 0 Å². The van der Waals surface area contributed by atoms with Gasteiger partial charge >= 0.3 is 0 Å². The number of rotatable bonds is 2. The lowest BCUT2D eigenvalue weighted by molar-refractivity contribution is 0.699. The minimum absolute atomic E-state index is 0. The van der Waals surface area contributed by atoms with Gasteiger partial charge in [-0.3, -0.25) is 0 Å². The third kappa shape index (κ3) is 2.66. The number of hydrogen-bond donors (Lipinski definition) is 0. The Kier molecular flexibility index (Phi) is 4.62. The normalized spacial score (nSPS) is 7.90. The zero-order valence-electron chi connectivity index (χ0n) is 4.84. The van der Waals surface area contributed by atoms with E-state index in [9.17, 15) is 0 Å². The highest BCUT2D eigenvalue weighted by Gasteiger charge is 1.88. The molecule has 0 bridgehead atoms. The highest BCUT2D eigenvalue weighted by atomic mass is 35.5. The molecule has 0 unspecified atom stereocenters. The van der Waals surface area contributed by atoms with E-state index in [1.54, 1.807) is 0 Å². The van der Waals surface area contributed by atoms with Crippen molar-refractivity contribution in [2.45, 2.75) is 5.88 Å². The van der Waals surface area contributed by atoms with Gasteiger partial charge in [0, 0.05) is 0 Å². The third-order valence-electron chi connectivity index (χ3n) is 0.653. The summed E-state index contributed by atoms with van der Waals surface area (Å²) < 4.78 is 1.48. The summed E-state index contributed by atoms with van der Waals surface area (Å²) in [6.07, 6.45) is 1.46. The first-order valence-corrected chi connectivity index (χ1v) is 3.13. The molecule has 0 spiro atoms. The Morgan fingerprint density at radius 2 is 2.50 bits per heavy atom. The van der Waals surface area contributed by atoms with E-state index in [4.69, 9.17) is 5.26 Å². The molecule has 5 nitrogen and oxygen atoms in total. The quantitative estimate of drug-likeness (QED) is 0.607. The molecule has 0 aromatic carbocycles. The van der Waals surface area contributed by atoms with Gasteiger partial charge in [-0.25, -0.2) is 4.68 Å². The first-order valence-electron chi connectivity index (χ1n) is 2.15. The molecule has 0 aliphatic heterocycles. The van der Waals surface area contributed by atoms with E-state index >= 15 is 0 Å². The molecule has 0 aliphatic carbocycles. The summed E-state index contributed by atoms with van der Waals surface area (Å²) >= 11 is 1.09. The van der Waals surface area contributed by atoms with Crippen molar-refractivity contribution in [2.75, 3.05) is 0 Å². The van der Waals surface area contributed by atoms with Crippen molar-refractivity contribution in [3.8, 4) is 5.40 Å². The van der Waals surface area contributed by atoms with Gasteiger partial charge in [-0.2, -0.15) is 5.26 Å². The lowest BCUT2D eigenvalue weighted by atomic mass is 11.2. The average Bonchev–Trinajstić information content (AvgIpc) is 2.34. The van der Waals surface area contributed by atoms with Gasteiger partial charge in [0.2, 0.25) is 0 Å². The van der Waals surface area contributed by atoms with Crippen LogP contribution in [0.15, 0.2) is 6.33 Å². The number of tetrazole rings is 1. The minimum Gasteiger partial charge on any atom is -0.221 e. The zero-order valence-corrected chi connectivity index (χ0v) is 6.47. The van der Waals surface area contributed by atoms with Crippen molar-refractivity contribution in [3.63, 3.8) is 0 Å². The smallest absolute Gasteiger partial charge is 0.139 e. The fourth-order valence-corrected chi connectivity index (χ4v) is 0.643. The molecule has 1 aromatic rings. The monoisotopic (exact) mass is 177 g/mol. The Morgan fingerprint density at radius 1 is 1.70 bits per heavy atom. The summed E-state index contributed by atoms with van der Waals surface area (Å²) in [7, 11) is 0. The summed E-state index contributed by atoms with van der Waals surface area (Å²) in [5.41, 5.74) is 0. The summed E-state index contributed by atoms with van der Waals surface area (Å²) in [4.78, 5) is 0. The molecule has 0 saturated carbocycles. The first kappa shape index (κ1) is 9.20. The van der Waals surface area contributed by atoms with E-state index in [-0.39, 0.29) is 12.4 Å². The van der Waals surface area contributed by atoms with Crippen molar-refractivity contribution >= 4 is 24.2 Å². The van der Waals surface area contributed by atoms with E-state index in [1.807, 2.05) is 5.40 Å². The lowest BCUT2D eigenvalue weighted by Crippen LogP contribution is -1.93. The zero-order chi connectivity index (χ0) is 6.53. The maximum Gasteiger partial charge on any atom is 0.139 e. The predicted molar refractivity (Wildman–Crippen MR) is 38.3 cm³/mol. The molecule has 0 amide bonds. The van der Waals surface area contributed by atoms with Crippen LogP contribution in [0.1, 0.15) is 0 Å². The van der Waals surface area contributed by atoms with Gasteiger partial charge in [-0.1, -0.05) is 0 Å². The van der Waals surface area contributed by atoms with Gasteiger partial charge in [0.05, 0.1) is 0 Å². The number of nitrogens with zero attached hydrogens (tertiary/aromatic N) is 5. The second-order valence-electron chi connectivity index (χ2n) is 1.21. The van der Waals surface area contributed by atoms with Gasteiger partial charge in [0.15, 0.2) is 0 Å². The van der Waals surface area contributed by atoms with Crippen LogP contribution in [0, 0.1) is 10.7 Å². The molecule has 1 rings (SSSR count). The molecule has 0 atom stereocenters. The molecule has 0 saturated heterocycles. The largest absolute Gasteiger partial charge is 0.221 e. The maximum absolute atomic E-state index is 8.10. The summed E-state index contributed by atoms with van der Waals surface area (Å²) in [6, 6.07) is 0. The van der Waals surface area contributed by atoms with Crippen molar-refractivity contribution in [1.29, 1.82) is 5.26 Å². The topological polar surface area (TPSA) is 67.4 Å². The Balaban J connectivity index is 0.000000810. The molecule has 0 aliphatic rings. The highest BCUT2D eigenvalue weighted by Crippen LogP contribution is 1.97. The van der Waals surface area contributed by atoms with E-state index in [2.05, 4.69) is 15.5 Å². The maximum atomic E-state index is 8.10. The van der Waals surface area contributed by atoms with Crippen molar-refractivity contribution in [1.82, 2.24) is 20.2 Å². The van der Waals surface area contributed by atoms with E-state index in [0.29, 0.717) is 5.88 Å². The van der Waals surface area contributed by atoms with Gasteiger partial charge in [0.25, 0.3) is 0 Å². The molecule has 1 aromatic heterocycles. The Labute approximate surface area is 67.8 Å². The van der Waals surface area contributed by atoms with Gasteiger partial charge in [-0.05, 0) is 22.2 Å². The average molecular weight is 178 g/mol. The summed E-state index contributed by atoms with van der Waals surface area (Å²) in [5.74, 6) is 0.490. The minimum atomic E-state index is 0. The number of thioether (sulfide) groups is 1. The summed E-state index contributed by atoms with van der Waals surface area (Å²) in [6.45, 7) is 0. The third-order valence-corrected chi connectivity index (χ3v) is 1.18. The number of nitriles is 1. The van der Waals surface area contributed by atoms with Crippen LogP contribution >= 0.6 is 24.2 Å². The molecule has 10 heavy (non-hydrogen) atoms. The van der Waals surface area contributed by atoms with Crippen LogP contribution < -0.4 is 0 Å². The van der Waals surface area contributed by atoms with Crippen LogP contribution in [0.2, 0.25) is 0 Å². The van der Waals surface area contributed by atoms with Gasteiger partial charge in [-0.15, -0.1) is 17.5 Å². The molecular weight excluding hydrogens is 174 g/mol. The Bertz CT molecular complexity index is 203. The van der Waals surface area contributed by atoms with Crippen molar-refractivity contribution < 1.29 is 0 Å². The van der Waals surface area contributed by atoms with Gasteiger partial charge in [0.1, 0.15) is 17.6 Å².